The Bertz CT molecular complexity index is 680. The Hall–Kier alpha value is -2.49. The molecule has 9 heteroatoms. The second-order valence-corrected chi connectivity index (χ2v) is 6.44. The zero-order valence-corrected chi connectivity index (χ0v) is 16.0. The predicted octanol–water partition coefficient (Wildman–Crippen LogP) is 0.288. The number of rotatable bonds is 7. The Labute approximate surface area is 162 Å². The van der Waals surface area contributed by atoms with Gasteiger partial charge in [0.05, 0.1) is 13.2 Å². The fourth-order valence-electron chi connectivity index (χ4n) is 2.91. The van der Waals surface area contributed by atoms with E-state index < -0.39 is 48.5 Å². The van der Waals surface area contributed by atoms with Gasteiger partial charge in [0.2, 0.25) is 12.2 Å². The van der Waals surface area contributed by atoms with Crippen LogP contribution in [0.4, 0.5) is 0 Å². The standard InChI is InChI=1S/C19H25NO8/c1-11(21)20-16-18(26-12(2)22)17(24)15(28-19(16)27-13(3)23)10-25-9-14-7-5-4-6-8-14/h4-8,15-19,24H,9-10H2,1-3H3,(H,20,21)/t15-,16-,17-,18-,19?/m1/s1. The molecule has 1 aromatic rings. The van der Waals surface area contributed by atoms with Gasteiger partial charge in [0.15, 0.2) is 6.10 Å². The number of ether oxygens (including phenoxy) is 4. The highest BCUT2D eigenvalue weighted by atomic mass is 16.7. The first-order valence-electron chi connectivity index (χ1n) is 8.84. The number of aliphatic hydroxyl groups is 1. The Morgan fingerprint density at radius 1 is 1.07 bits per heavy atom. The van der Waals surface area contributed by atoms with Crippen molar-refractivity contribution in [3.63, 3.8) is 0 Å². The van der Waals surface area contributed by atoms with Gasteiger partial charge in [-0.15, -0.1) is 0 Å². The Kier molecular flexibility index (Phi) is 7.91. The summed E-state index contributed by atoms with van der Waals surface area (Å²) in [5.41, 5.74) is 0.928. The number of carbonyl (C=O) groups excluding carboxylic acids is 3. The fourth-order valence-corrected chi connectivity index (χ4v) is 2.91. The van der Waals surface area contributed by atoms with Gasteiger partial charge in [-0.25, -0.2) is 0 Å². The van der Waals surface area contributed by atoms with Crippen LogP contribution in [0.15, 0.2) is 30.3 Å². The molecule has 9 nitrogen and oxygen atoms in total. The third-order valence-electron chi connectivity index (χ3n) is 4.02. The van der Waals surface area contributed by atoms with Gasteiger partial charge in [0, 0.05) is 20.8 Å². The molecular formula is C19H25NO8. The number of aliphatic hydroxyl groups excluding tert-OH is 1. The van der Waals surface area contributed by atoms with Gasteiger partial charge in [-0.2, -0.15) is 0 Å². The normalized spacial score (nSPS) is 26.9. The van der Waals surface area contributed by atoms with Crippen LogP contribution in [0.5, 0.6) is 0 Å². The van der Waals surface area contributed by atoms with Crippen molar-refractivity contribution in [2.24, 2.45) is 0 Å². The lowest BCUT2D eigenvalue weighted by molar-refractivity contribution is -0.268. The number of hydrogen-bond acceptors (Lipinski definition) is 8. The summed E-state index contributed by atoms with van der Waals surface area (Å²) in [5.74, 6) is -1.78. The number of carbonyl (C=O) groups is 3. The molecule has 0 bridgehead atoms. The summed E-state index contributed by atoms with van der Waals surface area (Å²) >= 11 is 0. The van der Waals surface area contributed by atoms with Crippen LogP contribution >= 0.6 is 0 Å². The Morgan fingerprint density at radius 3 is 2.29 bits per heavy atom. The molecule has 0 radical (unpaired) electrons. The van der Waals surface area contributed by atoms with Crippen LogP contribution in [-0.2, 0) is 39.9 Å². The number of amides is 1. The third-order valence-corrected chi connectivity index (χ3v) is 4.02. The molecule has 28 heavy (non-hydrogen) atoms. The highest BCUT2D eigenvalue weighted by molar-refractivity contribution is 5.73. The van der Waals surface area contributed by atoms with E-state index in [9.17, 15) is 19.5 Å². The van der Waals surface area contributed by atoms with Gasteiger partial charge in [0.1, 0.15) is 18.2 Å². The lowest BCUT2D eigenvalue weighted by Crippen LogP contribution is -2.65. The van der Waals surface area contributed by atoms with Crippen molar-refractivity contribution in [3.05, 3.63) is 35.9 Å². The first-order chi connectivity index (χ1) is 13.3. The van der Waals surface area contributed by atoms with Crippen LogP contribution in [0, 0.1) is 0 Å². The summed E-state index contributed by atoms with van der Waals surface area (Å²) in [6, 6.07) is 8.33. The van der Waals surface area contributed by atoms with Crippen molar-refractivity contribution in [1.29, 1.82) is 0 Å². The zero-order chi connectivity index (χ0) is 20.7. The lowest BCUT2D eigenvalue weighted by Gasteiger charge is -2.43. The van der Waals surface area contributed by atoms with Crippen molar-refractivity contribution < 1.29 is 38.4 Å². The third kappa shape index (κ3) is 6.29. The van der Waals surface area contributed by atoms with Crippen LogP contribution in [0.25, 0.3) is 0 Å². The van der Waals surface area contributed by atoms with Crippen LogP contribution in [-0.4, -0.2) is 60.2 Å². The first kappa shape index (κ1) is 21.8. The van der Waals surface area contributed by atoms with Crippen LogP contribution < -0.4 is 5.32 Å². The van der Waals surface area contributed by atoms with Gasteiger partial charge in [-0.3, -0.25) is 14.4 Å². The van der Waals surface area contributed by atoms with E-state index in [-0.39, 0.29) is 13.2 Å². The average molecular weight is 395 g/mol. The molecule has 2 rings (SSSR count). The maximum absolute atomic E-state index is 11.5. The van der Waals surface area contributed by atoms with E-state index in [0.29, 0.717) is 0 Å². The van der Waals surface area contributed by atoms with Crippen LogP contribution in [0.2, 0.25) is 0 Å². The van der Waals surface area contributed by atoms with Gasteiger partial charge in [0.25, 0.3) is 0 Å². The van der Waals surface area contributed by atoms with E-state index in [1.54, 1.807) is 0 Å². The summed E-state index contributed by atoms with van der Waals surface area (Å²) in [5, 5.41) is 13.1. The minimum absolute atomic E-state index is 0.0433. The molecule has 1 fully saturated rings. The quantitative estimate of drug-likeness (QED) is 0.632. The topological polar surface area (TPSA) is 120 Å². The summed E-state index contributed by atoms with van der Waals surface area (Å²) in [6.45, 7) is 3.84. The molecule has 1 heterocycles. The SMILES string of the molecule is CC(=O)N[C@H]1C(OC(C)=O)O[C@H](COCc2ccccc2)[C@@H](O)[C@@H]1OC(C)=O. The van der Waals surface area contributed by atoms with Crippen molar-refractivity contribution in [2.75, 3.05) is 6.61 Å². The smallest absolute Gasteiger partial charge is 0.305 e. The largest absolute Gasteiger partial charge is 0.457 e. The second-order valence-electron chi connectivity index (χ2n) is 6.44. The minimum atomic E-state index is -1.30. The Balaban J connectivity index is 2.13. The van der Waals surface area contributed by atoms with E-state index in [2.05, 4.69) is 5.32 Å². The molecule has 154 valence electrons. The van der Waals surface area contributed by atoms with Gasteiger partial charge < -0.3 is 29.4 Å². The highest BCUT2D eigenvalue weighted by Gasteiger charge is 2.49. The summed E-state index contributed by atoms with van der Waals surface area (Å²) < 4.78 is 21.6. The van der Waals surface area contributed by atoms with E-state index in [1.807, 2.05) is 30.3 Å². The van der Waals surface area contributed by atoms with Crippen LogP contribution in [0.3, 0.4) is 0 Å². The van der Waals surface area contributed by atoms with Crippen molar-refractivity contribution in [3.8, 4) is 0 Å². The minimum Gasteiger partial charge on any atom is -0.457 e. The molecule has 0 aliphatic carbocycles. The van der Waals surface area contributed by atoms with E-state index in [1.165, 1.54) is 20.8 Å². The second kappa shape index (κ2) is 10.2. The molecule has 1 unspecified atom stereocenters. The molecule has 0 saturated carbocycles. The van der Waals surface area contributed by atoms with E-state index in [0.717, 1.165) is 5.56 Å². The average Bonchev–Trinajstić information content (AvgIpc) is 2.61. The highest BCUT2D eigenvalue weighted by Crippen LogP contribution is 2.25. The molecular weight excluding hydrogens is 370 g/mol. The van der Waals surface area contributed by atoms with Crippen molar-refractivity contribution in [1.82, 2.24) is 5.32 Å². The van der Waals surface area contributed by atoms with Gasteiger partial charge in [-0.05, 0) is 5.56 Å². The van der Waals surface area contributed by atoms with Crippen molar-refractivity contribution in [2.45, 2.75) is 58.0 Å². The summed E-state index contributed by atoms with van der Waals surface area (Å²) in [6.07, 6.45) is -4.67. The maximum Gasteiger partial charge on any atom is 0.305 e. The van der Waals surface area contributed by atoms with Gasteiger partial charge in [-0.1, -0.05) is 30.3 Å². The maximum atomic E-state index is 11.5. The van der Waals surface area contributed by atoms with E-state index in [4.69, 9.17) is 18.9 Å². The lowest BCUT2D eigenvalue weighted by atomic mass is 9.96. The number of esters is 2. The molecule has 1 aliphatic heterocycles. The molecule has 2 N–H and O–H groups in total. The van der Waals surface area contributed by atoms with E-state index >= 15 is 0 Å². The number of nitrogens with one attached hydrogen (secondary N) is 1. The molecule has 1 saturated heterocycles. The molecule has 1 aliphatic rings. The molecule has 1 aromatic carbocycles. The number of hydrogen-bond donors (Lipinski definition) is 2. The summed E-state index contributed by atoms with van der Waals surface area (Å²) in [7, 11) is 0. The molecule has 0 spiro atoms. The number of benzene rings is 1. The summed E-state index contributed by atoms with van der Waals surface area (Å²) in [4.78, 5) is 34.5. The monoisotopic (exact) mass is 395 g/mol. The van der Waals surface area contributed by atoms with Gasteiger partial charge >= 0.3 is 11.9 Å². The first-order valence-corrected chi connectivity index (χ1v) is 8.84. The van der Waals surface area contributed by atoms with Crippen molar-refractivity contribution >= 4 is 17.8 Å². The molecule has 1 amide bonds. The van der Waals surface area contributed by atoms with Crippen LogP contribution in [0.1, 0.15) is 26.3 Å². The fraction of sp³-hybridized carbons (Fsp3) is 0.526. The predicted molar refractivity (Wildman–Crippen MR) is 95.7 cm³/mol. The molecule has 5 atom stereocenters. The Morgan fingerprint density at radius 2 is 1.71 bits per heavy atom. The zero-order valence-electron chi connectivity index (χ0n) is 16.0. The molecule has 0 aromatic heterocycles.